The number of ether oxygens (including phenoxy) is 1. The zero-order valence-electron chi connectivity index (χ0n) is 15.0. The second-order valence-corrected chi connectivity index (χ2v) is 6.33. The second-order valence-electron chi connectivity index (χ2n) is 6.33. The first-order chi connectivity index (χ1) is 12.7. The average Bonchev–Trinajstić information content (AvgIpc) is 2.67. The number of carbonyl (C=O) groups excluding carboxylic acids is 1. The molecule has 0 aliphatic carbocycles. The summed E-state index contributed by atoms with van der Waals surface area (Å²) in [5.74, 6) is -0.313. The number of esters is 1. The minimum Gasteiger partial charge on any atom is -0.458 e. The van der Waals surface area contributed by atoms with Gasteiger partial charge < -0.3 is 4.74 Å². The third-order valence-electron chi connectivity index (χ3n) is 4.22. The summed E-state index contributed by atoms with van der Waals surface area (Å²) in [6, 6.07) is 24.4. The van der Waals surface area contributed by atoms with Crippen molar-refractivity contribution in [3.63, 3.8) is 0 Å². The third kappa shape index (κ3) is 5.04. The van der Waals surface area contributed by atoms with Gasteiger partial charge in [0.05, 0.1) is 0 Å². The average molecular weight is 345 g/mol. The maximum Gasteiger partial charge on any atom is 0.330 e. The summed E-state index contributed by atoms with van der Waals surface area (Å²) in [6.45, 7) is 1.81. The standard InChI is InChI=1S/C23H23NO2/c1-24(17-21-13-7-12-20-11-5-6-14-22(20)21)16-8-15-23(25)26-18-19-9-3-2-4-10-19/h2-15H,16-18H2,1H3/b15-8+. The Morgan fingerprint density at radius 3 is 2.54 bits per heavy atom. The maximum atomic E-state index is 11.8. The van der Waals surface area contributed by atoms with Gasteiger partial charge in [0.25, 0.3) is 0 Å². The Bertz CT molecular complexity index is 882. The number of carbonyl (C=O) groups is 1. The zero-order chi connectivity index (χ0) is 18.2. The molecule has 0 saturated carbocycles. The Balaban J connectivity index is 1.49. The molecular formula is C23H23NO2. The fourth-order valence-electron chi connectivity index (χ4n) is 2.89. The molecule has 3 nitrogen and oxygen atoms in total. The predicted molar refractivity (Wildman–Crippen MR) is 106 cm³/mol. The van der Waals surface area contributed by atoms with Crippen molar-refractivity contribution in [3.05, 3.63) is 96.1 Å². The minimum absolute atomic E-state index is 0.301. The van der Waals surface area contributed by atoms with E-state index in [0.29, 0.717) is 13.2 Å². The van der Waals surface area contributed by atoms with Crippen LogP contribution in [0.3, 0.4) is 0 Å². The predicted octanol–water partition coefficient (Wildman–Crippen LogP) is 4.57. The molecule has 0 heterocycles. The molecule has 0 radical (unpaired) electrons. The van der Waals surface area contributed by atoms with Crippen LogP contribution in [0.25, 0.3) is 10.8 Å². The molecule has 3 aromatic rings. The van der Waals surface area contributed by atoms with E-state index in [4.69, 9.17) is 4.74 Å². The Morgan fingerprint density at radius 1 is 0.962 bits per heavy atom. The van der Waals surface area contributed by atoms with E-state index < -0.39 is 0 Å². The molecule has 0 amide bonds. The van der Waals surface area contributed by atoms with Crippen LogP contribution in [0, 0.1) is 0 Å². The van der Waals surface area contributed by atoms with Crippen molar-refractivity contribution in [2.75, 3.05) is 13.6 Å². The van der Waals surface area contributed by atoms with Gasteiger partial charge in [-0.25, -0.2) is 4.79 Å². The lowest BCUT2D eigenvalue weighted by atomic mass is 10.0. The first kappa shape index (κ1) is 17.9. The van der Waals surface area contributed by atoms with Crippen LogP contribution in [0.15, 0.2) is 84.9 Å². The third-order valence-corrected chi connectivity index (χ3v) is 4.22. The molecule has 0 bridgehead atoms. The summed E-state index contributed by atoms with van der Waals surface area (Å²) in [5.41, 5.74) is 2.27. The van der Waals surface area contributed by atoms with Crippen LogP contribution in [-0.2, 0) is 22.7 Å². The first-order valence-electron chi connectivity index (χ1n) is 8.75. The molecule has 0 spiro atoms. The lowest BCUT2D eigenvalue weighted by Gasteiger charge is -2.16. The largest absolute Gasteiger partial charge is 0.458 e. The topological polar surface area (TPSA) is 29.5 Å². The molecule has 0 aromatic heterocycles. The molecule has 132 valence electrons. The lowest BCUT2D eigenvalue weighted by molar-refractivity contribution is -0.139. The smallest absolute Gasteiger partial charge is 0.330 e. The number of likely N-dealkylation sites (N-methyl/N-ethyl adjacent to an activating group) is 1. The molecule has 3 rings (SSSR count). The van der Waals surface area contributed by atoms with Gasteiger partial charge in [-0.05, 0) is 28.9 Å². The lowest BCUT2D eigenvalue weighted by Crippen LogP contribution is -2.18. The van der Waals surface area contributed by atoms with E-state index in [9.17, 15) is 4.79 Å². The van der Waals surface area contributed by atoms with Crippen molar-refractivity contribution >= 4 is 16.7 Å². The second kappa shape index (κ2) is 8.97. The van der Waals surface area contributed by atoms with E-state index in [1.165, 1.54) is 22.4 Å². The van der Waals surface area contributed by atoms with Crippen molar-refractivity contribution < 1.29 is 9.53 Å². The SMILES string of the molecule is CN(C/C=C/C(=O)OCc1ccccc1)Cc1cccc2ccccc12. The molecule has 0 aliphatic heterocycles. The number of benzene rings is 3. The highest BCUT2D eigenvalue weighted by molar-refractivity contribution is 5.85. The molecule has 0 unspecified atom stereocenters. The van der Waals surface area contributed by atoms with Crippen molar-refractivity contribution in [3.8, 4) is 0 Å². The van der Waals surface area contributed by atoms with E-state index in [0.717, 1.165) is 12.1 Å². The van der Waals surface area contributed by atoms with E-state index in [1.807, 2.05) is 43.5 Å². The Labute approximate surface area is 154 Å². The first-order valence-corrected chi connectivity index (χ1v) is 8.75. The highest BCUT2D eigenvalue weighted by atomic mass is 16.5. The molecule has 0 aliphatic rings. The van der Waals surface area contributed by atoms with Gasteiger partial charge in [-0.2, -0.15) is 0 Å². The maximum absolute atomic E-state index is 11.8. The van der Waals surface area contributed by atoms with Crippen LogP contribution in [0.4, 0.5) is 0 Å². The quantitative estimate of drug-likeness (QED) is 0.464. The van der Waals surface area contributed by atoms with Gasteiger partial charge in [-0.15, -0.1) is 0 Å². The number of nitrogens with zero attached hydrogens (tertiary/aromatic N) is 1. The Morgan fingerprint density at radius 2 is 1.69 bits per heavy atom. The van der Waals surface area contributed by atoms with Gasteiger partial charge in [-0.3, -0.25) is 4.90 Å². The highest BCUT2D eigenvalue weighted by Gasteiger charge is 2.04. The summed E-state index contributed by atoms with van der Waals surface area (Å²) in [7, 11) is 2.04. The number of fused-ring (bicyclic) bond motifs is 1. The van der Waals surface area contributed by atoms with Crippen LogP contribution in [0.1, 0.15) is 11.1 Å². The molecule has 3 heteroatoms. The fourth-order valence-corrected chi connectivity index (χ4v) is 2.89. The molecule has 0 fully saturated rings. The monoisotopic (exact) mass is 345 g/mol. The molecule has 26 heavy (non-hydrogen) atoms. The molecule has 3 aromatic carbocycles. The summed E-state index contributed by atoms with van der Waals surface area (Å²) >= 11 is 0. The van der Waals surface area contributed by atoms with Gasteiger partial charge in [0.2, 0.25) is 0 Å². The Kier molecular flexibility index (Phi) is 6.18. The summed E-state index contributed by atoms with van der Waals surface area (Å²) in [4.78, 5) is 14.0. The van der Waals surface area contributed by atoms with E-state index in [1.54, 1.807) is 0 Å². The number of rotatable bonds is 7. The summed E-state index contributed by atoms with van der Waals surface area (Å²) in [6.07, 6.45) is 3.35. The highest BCUT2D eigenvalue weighted by Crippen LogP contribution is 2.19. The van der Waals surface area contributed by atoms with Gasteiger partial charge in [-0.1, -0.05) is 78.9 Å². The van der Waals surface area contributed by atoms with Crippen LogP contribution in [0.5, 0.6) is 0 Å². The van der Waals surface area contributed by atoms with E-state index in [-0.39, 0.29) is 5.97 Å². The number of hydrogen-bond donors (Lipinski definition) is 0. The minimum atomic E-state index is -0.313. The van der Waals surface area contributed by atoms with E-state index in [2.05, 4.69) is 47.4 Å². The molecular weight excluding hydrogens is 322 g/mol. The van der Waals surface area contributed by atoms with Crippen molar-refractivity contribution in [2.24, 2.45) is 0 Å². The van der Waals surface area contributed by atoms with E-state index >= 15 is 0 Å². The summed E-state index contributed by atoms with van der Waals surface area (Å²) < 4.78 is 5.24. The van der Waals surface area contributed by atoms with Crippen LogP contribution >= 0.6 is 0 Å². The van der Waals surface area contributed by atoms with Crippen molar-refractivity contribution in [1.82, 2.24) is 4.90 Å². The van der Waals surface area contributed by atoms with Crippen LogP contribution < -0.4 is 0 Å². The van der Waals surface area contributed by atoms with Crippen LogP contribution in [-0.4, -0.2) is 24.5 Å². The zero-order valence-corrected chi connectivity index (χ0v) is 15.0. The molecule has 0 N–H and O–H groups in total. The van der Waals surface area contributed by atoms with Gasteiger partial charge in [0.15, 0.2) is 0 Å². The van der Waals surface area contributed by atoms with Crippen molar-refractivity contribution in [2.45, 2.75) is 13.2 Å². The van der Waals surface area contributed by atoms with Gasteiger partial charge in [0.1, 0.15) is 6.61 Å². The summed E-state index contributed by atoms with van der Waals surface area (Å²) in [5, 5.41) is 2.52. The normalized spacial score (nSPS) is 11.3. The fraction of sp³-hybridized carbons (Fsp3) is 0.174. The Hall–Kier alpha value is -2.91. The van der Waals surface area contributed by atoms with Crippen LogP contribution in [0.2, 0.25) is 0 Å². The van der Waals surface area contributed by atoms with Gasteiger partial charge >= 0.3 is 5.97 Å². The number of hydrogen-bond acceptors (Lipinski definition) is 3. The molecule has 0 atom stereocenters. The van der Waals surface area contributed by atoms with Crippen molar-refractivity contribution in [1.29, 1.82) is 0 Å². The van der Waals surface area contributed by atoms with Gasteiger partial charge in [0, 0.05) is 19.2 Å². The molecule has 0 saturated heterocycles.